The van der Waals surface area contributed by atoms with Gasteiger partial charge in [0.2, 0.25) is 5.91 Å². The summed E-state index contributed by atoms with van der Waals surface area (Å²) in [6.45, 7) is 3.73. The second-order valence-electron chi connectivity index (χ2n) is 1.94. The lowest BCUT2D eigenvalue weighted by Gasteiger charge is -2.02. The highest BCUT2D eigenvalue weighted by atomic mass is 31.2. The molecule has 0 aromatic rings. The van der Waals surface area contributed by atoms with Crippen molar-refractivity contribution in [3.63, 3.8) is 0 Å². The Morgan fingerprint density at radius 1 is 1.64 bits per heavy atom. The smallest absolute Gasteiger partial charge is 0.243 e. The summed E-state index contributed by atoms with van der Waals surface area (Å²) in [5.41, 5.74) is 0. The van der Waals surface area contributed by atoms with Crippen LogP contribution >= 0.6 is 8.38 Å². The molecule has 0 heterocycles. The molecule has 11 heavy (non-hydrogen) atoms. The van der Waals surface area contributed by atoms with Crippen molar-refractivity contribution in [2.75, 3.05) is 12.7 Å². The highest BCUT2D eigenvalue weighted by Gasteiger charge is 1.98. The van der Waals surface area contributed by atoms with Gasteiger partial charge in [-0.25, -0.2) is 0 Å². The van der Waals surface area contributed by atoms with Crippen LogP contribution in [-0.2, 0) is 4.79 Å². The van der Waals surface area contributed by atoms with Gasteiger partial charge in [0, 0.05) is 12.7 Å². The Morgan fingerprint density at radius 3 is 2.73 bits per heavy atom. The molecular formula is C6H12NO3P. The second-order valence-corrected chi connectivity index (χ2v) is 3.14. The Morgan fingerprint density at radius 2 is 2.27 bits per heavy atom. The zero-order chi connectivity index (χ0) is 8.69. The summed E-state index contributed by atoms with van der Waals surface area (Å²) < 4.78 is 0. The van der Waals surface area contributed by atoms with E-state index in [9.17, 15) is 4.79 Å². The molecule has 0 aliphatic carbocycles. The van der Waals surface area contributed by atoms with E-state index in [1.54, 1.807) is 0 Å². The Hall–Kier alpha value is -0.440. The molecule has 0 rings (SSSR count). The zero-order valence-electron chi connectivity index (χ0n) is 6.16. The SMILES string of the molecule is C=CC(=O)NCCCP(O)O. The minimum atomic E-state index is -1.81. The van der Waals surface area contributed by atoms with Gasteiger partial charge in [0.1, 0.15) is 0 Å². The van der Waals surface area contributed by atoms with Crippen molar-refractivity contribution < 1.29 is 14.6 Å². The van der Waals surface area contributed by atoms with Crippen LogP contribution in [0.2, 0.25) is 0 Å². The Balaban J connectivity index is 3.14. The number of carbonyl (C=O) groups excluding carboxylic acids is 1. The lowest BCUT2D eigenvalue weighted by molar-refractivity contribution is -0.116. The first-order valence-corrected chi connectivity index (χ1v) is 4.65. The van der Waals surface area contributed by atoms with Crippen LogP contribution in [0.25, 0.3) is 0 Å². The van der Waals surface area contributed by atoms with Gasteiger partial charge in [-0.15, -0.1) is 0 Å². The van der Waals surface area contributed by atoms with Crippen LogP contribution in [0.4, 0.5) is 0 Å². The van der Waals surface area contributed by atoms with E-state index in [1.165, 1.54) is 6.08 Å². The minimum Gasteiger partial charge on any atom is -0.353 e. The van der Waals surface area contributed by atoms with Gasteiger partial charge in [0.05, 0.1) is 0 Å². The van der Waals surface area contributed by atoms with Gasteiger partial charge in [-0.3, -0.25) is 4.79 Å². The molecule has 0 atom stereocenters. The van der Waals surface area contributed by atoms with Crippen molar-refractivity contribution in [1.29, 1.82) is 0 Å². The highest BCUT2D eigenvalue weighted by molar-refractivity contribution is 7.45. The van der Waals surface area contributed by atoms with E-state index in [0.717, 1.165) is 0 Å². The van der Waals surface area contributed by atoms with Crippen molar-refractivity contribution in [1.82, 2.24) is 5.32 Å². The quantitative estimate of drug-likeness (QED) is 0.314. The van der Waals surface area contributed by atoms with Gasteiger partial charge >= 0.3 is 0 Å². The molecule has 0 radical (unpaired) electrons. The van der Waals surface area contributed by atoms with E-state index in [-0.39, 0.29) is 5.91 Å². The largest absolute Gasteiger partial charge is 0.353 e. The molecular weight excluding hydrogens is 165 g/mol. The summed E-state index contributed by atoms with van der Waals surface area (Å²) in [7, 11) is -1.81. The first-order chi connectivity index (χ1) is 5.16. The maximum atomic E-state index is 10.5. The van der Waals surface area contributed by atoms with Crippen molar-refractivity contribution in [3.05, 3.63) is 12.7 Å². The molecule has 5 heteroatoms. The van der Waals surface area contributed by atoms with Crippen molar-refractivity contribution in [3.8, 4) is 0 Å². The van der Waals surface area contributed by atoms with Gasteiger partial charge in [0.15, 0.2) is 8.38 Å². The standard InChI is InChI=1S/C6H12NO3P/c1-2-6(8)7-4-3-5-11(9)10/h2,9-10H,1,3-5H2,(H,7,8). The Kier molecular flexibility index (Phi) is 6.03. The minimum absolute atomic E-state index is 0.231. The molecule has 64 valence electrons. The summed E-state index contributed by atoms with van der Waals surface area (Å²) >= 11 is 0. The molecule has 0 saturated heterocycles. The molecule has 0 fully saturated rings. The van der Waals surface area contributed by atoms with E-state index in [0.29, 0.717) is 19.1 Å². The molecule has 0 aromatic heterocycles. The normalized spacial score (nSPS) is 9.73. The van der Waals surface area contributed by atoms with Gasteiger partial charge in [0.25, 0.3) is 0 Å². The molecule has 0 aliphatic heterocycles. The van der Waals surface area contributed by atoms with E-state index < -0.39 is 8.38 Å². The summed E-state index contributed by atoms with van der Waals surface area (Å²) in [5, 5.41) is 2.52. The first kappa shape index (κ1) is 10.6. The molecule has 1 amide bonds. The Labute approximate surface area is 66.8 Å². The number of nitrogens with one attached hydrogen (secondary N) is 1. The molecule has 0 unspecified atom stereocenters. The number of hydrogen-bond donors (Lipinski definition) is 3. The molecule has 3 N–H and O–H groups in total. The predicted octanol–water partition coefficient (Wildman–Crippen LogP) is -0.0248. The topological polar surface area (TPSA) is 69.6 Å². The average Bonchev–Trinajstić information content (AvgIpc) is 1.97. The molecule has 0 aliphatic rings. The van der Waals surface area contributed by atoms with Gasteiger partial charge in [-0.05, 0) is 12.5 Å². The maximum Gasteiger partial charge on any atom is 0.243 e. The molecule has 4 nitrogen and oxygen atoms in total. The maximum absolute atomic E-state index is 10.5. The van der Waals surface area contributed by atoms with Crippen LogP contribution in [0, 0.1) is 0 Å². The predicted molar refractivity (Wildman–Crippen MR) is 44.0 cm³/mol. The summed E-state index contributed by atoms with van der Waals surface area (Å²) in [6, 6.07) is 0. The summed E-state index contributed by atoms with van der Waals surface area (Å²) in [4.78, 5) is 27.4. The third kappa shape index (κ3) is 7.46. The third-order valence-corrected chi connectivity index (χ3v) is 1.74. The number of hydrogen-bond acceptors (Lipinski definition) is 3. The number of rotatable bonds is 5. The average molecular weight is 177 g/mol. The van der Waals surface area contributed by atoms with Crippen LogP contribution < -0.4 is 5.32 Å². The Bertz CT molecular complexity index is 138. The van der Waals surface area contributed by atoms with Crippen molar-refractivity contribution >= 4 is 14.3 Å². The van der Waals surface area contributed by atoms with Crippen LogP contribution in [0.3, 0.4) is 0 Å². The molecule has 0 spiro atoms. The number of carbonyl (C=O) groups is 1. The lowest BCUT2D eigenvalue weighted by atomic mass is 10.4. The van der Waals surface area contributed by atoms with Gasteiger partial charge in [-0.2, -0.15) is 0 Å². The fourth-order valence-corrected chi connectivity index (χ4v) is 0.945. The molecule has 0 bridgehead atoms. The van der Waals surface area contributed by atoms with Gasteiger partial charge in [-0.1, -0.05) is 6.58 Å². The number of amides is 1. The fraction of sp³-hybridized carbons (Fsp3) is 0.500. The lowest BCUT2D eigenvalue weighted by Crippen LogP contribution is -2.22. The van der Waals surface area contributed by atoms with E-state index >= 15 is 0 Å². The van der Waals surface area contributed by atoms with E-state index in [1.807, 2.05) is 0 Å². The molecule has 0 aromatic carbocycles. The monoisotopic (exact) mass is 177 g/mol. The van der Waals surface area contributed by atoms with Crippen LogP contribution in [-0.4, -0.2) is 28.4 Å². The van der Waals surface area contributed by atoms with Crippen LogP contribution in [0.5, 0.6) is 0 Å². The first-order valence-electron chi connectivity index (χ1n) is 3.22. The second kappa shape index (κ2) is 6.28. The fourth-order valence-electron chi connectivity index (χ4n) is 0.504. The third-order valence-electron chi connectivity index (χ3n) is 1.02. The zero-order valence-corrected chi connectivity index (χ0v) is 7.05. The van der Waals surface area contributed by atoms with Crippen molar-refractivity contribution in [2.24, 2.45) is 0 Å². The van der Waals surface area contributed by atoms with E-state index in [2.05, 4.69) is 11.9 Å². The highest BCUT2D eigenvalue weighted by Crippen LogP contribution is 2.22. The molecule has 0 saturated carbocycles. The summed E-state index contributed by atoms with van der Waals surface area (Å²) in [6.07, 6.45) is 2.10. The van der Waals surface area contributed by atoms with E-state index in [4.69, 9.17) is 9.79 Å². The van der Waals surface area contributed by atoms with Gasteiger partial charge < -0.3 is 15.1 Å². The summed E-state index contributed by atoms with van der Waals surface area (Å²) in [5.74, 6) is -0.231. The van der Waals surface area contributed by atoms with Crippen molar-refractivity contribution in [2.45, 2.75) is 6.42 Å². The van der Waals surface area contributed by atoms with Crippen LogP contribution in [0.15, 0.2) is 12.7 Å². The van der Waals surface area contributed by atoms with Crippen LogP contribution in [0.1, 0.15) is 6.42 Å².